The number of hydrogen-bond donors (Lipinski definition) is 0. The van der Waals surface area contributed by atoms with Gasteiger partial charge in [-0.3, -0.25) is 0 Å². The Bertz CT molecular complexity index is 589. The topological polar surface area (TPSA) is 9.23 Å². The van der Waals surface area contributed by atoms with Crippen molar-refractivity contribution in [1.29, 1.82) is 0 Å². The molecule has 0 saturated heterocycles. The molecule has 2 rings (SSSR count). The first kappa shape index (κ1) is 27.9. The molecule has 0 bridgehead atoms. The summed E-state index contributed by atoms with van der Waals surface area (Å²) in [5, 5.41) is 2.82. The molecule has 0 fully saturated rings. The minimum Gasteiger partial charge on any atom is -1.00 e. The van der Waals surface area contributed by atoms with Gasteiger partial charge in [0, 0.05) is 6.61 Å². The number of benzene rings is 2. The van der Waals surface area contributed by atoms with Gasteiger partial charge in [0.15, 0.2) is 0 Å². The van der Waals surface area contributed by atoms with Crippen LogP contribution in [0.1, 0.15) is 59.3 Å². The fraction of sp³-hybridized carbons (Fsp3) is 0.458. The van der Waals surface area contributed by atoms with E-state index in [0.29, 0.717) is 0 Å². The summed E-state index contributed by atoms with van der Waals surface area (Å²) in [6, 6.07) is 21.8. The van der Waals surface area contributed by atoms with Crippen molar-refractivity contribution < 1.29 is 21.4 Å². The average Bonchev–Trinajstić information content (AvgIpc) is 2.64. The van der Waals surface area contributed by atoms with Crippen LogP contribution < -0.4 is 27.4 Å². The molecule has 0 amide bonds. The Labute approximate surface area is 200 Å². The minimum absolute atomic E-state index is 0. The third-order valence-electron chi connectivity index (χ3n) is 5.13. The molecule has 0 saturated carbocycles. The molecular formula is C24H35BrMgOSi. The van der Waals surface area contributed by atoms with E-state index in [-0.39, 0.29) is 45.1 Å². The van der Waals surface area contributed by atoms with Gasteiger partial charge in [0.05, 0.1) is 0 Å². The predicted octanol–water partition coefficient (Wildman–Crippen LogP) is 2.36. The van der Waals surface area contributed by atoms with Crippen molar-refractivity contribution in [3.05, 3.63) is 67.6 Å². The van der Waals surface area contributed by atoms with Crippen LogP contribution in [-0.2, 0) is 4.43 Å². The number of rotatable bonds is 10. The molecule has 0 aliphatic rings. The largest absolute Gasteiger partial charge is 2.00 e. The zero-order chi connectivity index (χ0) is 18.9. The summed E-state index contributed by atoms with van der Waals surface area (Å²) < 4.78 is 6.90. The fourth-order valence-electron chi connectivity index (χ4n) is 3.80. The molecule has 4 heteroatoms. The van der Waals surface area contributed by atoms with Gasteiger partial charge in [-0.15, -0.1) is 0 Å². The molecule has 0 atom stereocenters. The Balaban J connectivity index is 0.00000364. The molecule has 0 radical (unpaired) electrons. The first-order valence-corrected chi connectivity index (χ1v) is 12.0. The van der Waals surface area contributed by atoms with Crippen LogP contribution >= 0.6 is 0 Å². The quantitative estimate of drug-likeness (QED) is 0.294. The van der Waals surface area contributed by atoms with Crippen LogP contribution in [0.25, 0.3) is 0 Å². The zero-order valence-corrected chi connectivity index (χ0v) is 21.9. The third-order valence-corrected chi connectivity index (χ3v) is 10.2. The van der Waals surface area contributed by atoms with E-state index < -0.39 is 8.32 Å². The van der Waals surface area contributed by atoms with Gasteiger partial charge in [-0.1, -0.05) is 107 Å². The maximum Gasteiger partial charge on any atom is 2.00 e. The molecule has 0 aromatic heterocycles. The van der Waals surface area contributed by atoms with Gasteiger partial charge in [-0.05, 0) is 21.8 Å². The molecule has 28 heavy (non-hydrogen) atoms. The summed E-state index contributed by atoms with van der Waals surface area (Å²) in [5.41, 5.74) is 0. The van der Waals surface area contributed by atoms with Gasteiger partial charge in [0.1, 0.15) is 0 Å². The minimum atomic E-state index is -2.33. The second-order valence-corrected chi connectivity index (χ2v) is 12.4. The standard InChI is InChI=1S/C24H35OSi.BrH.Mg/c1-5-6-7-8-9-16-21-25-26(24(2,3)4,22-17-12-10-13-18-22)23-19-14-11-15-20-23;;/h10-15,17-20H,1,5-9,16,21H2,2-4H3;1H;/q-1;;+2/p-1. The molecule has 0 aliphatic heterocycles. The average molecular weight is 472 g/mol. The van der Waals surface area contributed by atoms with E-state index in [1.54, 1.807) is 0 Å². The molecule has 0 spiro atoms. The molecule has 0 heterocycles. The molecule has 0 unspecified atom stereocenters. The van der Waals surface area contributed by atoms with Crippen molar-refractivity contribution >= 4 is 41.7 Å². The van der Waals surface area contributed by atoms with Crippen LogP contribution in [-0.4, -0.2) is 38.0 Å². The summed E-state index contributed by atoms with van der Waals surface area (Å²) in [6.45, 7) is 11.8. The van der Waals surface area contributed by atoms with Crippen LogP contribution in [0.4, 0.5) is 0 Å². The normalized spacial score (nSPS) is 11.4. The van der Waals surface area contributed by atoms with E-state index in [2.05, 4.69) is 88.4 Å². The summed E-state index contributed by atoms with van der Waals surface area (Å²) in [7, 11) is -2.33. The first-order chi connectivity index (χ1) is 12.5. The SMILES string of the molecule is [Br-].[CH2-]CCCCCCCO[Si](c1ccccc1)(c1ccccc1)C(C)(C)C.[Mg+2]. The summed E-state index contributed by atoms with van der Waals surface area (Å²) in [5.74, 6) is 0. The third kappa shape index (κ3) is 7.28. The Morgan fingerprint density at radius 1 is 0.750 bits per heavy atom. The van der Waals surface area contributed by atoms with Gasteiger partial charge in [-0.2, -0.15) is 6.42 Å². The van der Waals surface area contributed by atoms with Crippen molar-refractivity contribution in [2.45, 2.75) is 64.3 Å². The zero-order valence-electron chi connectivity index (χ0n) is 17.9. The predicted molar refractivity (Wildman–Crippen MR) is 122 cm³/mol. The molecule has 0 aliphatic carbocycles. The molecule has 2 aromatic carbocycles. The number of halogens is 1. The van der Waals surface area contributed by atoms with E-state index in [1.807, 2.05) is 0 Å². The molecule has 1 nitrogen and oxygen atoms in total. The van der Waals surface area contributed by atoms with E-state index in [9.17, 15) is 0 Å². The monoisotopic (exact) mass is 470 g/mol. The number of unbranched alkanes of at least 4 members (excludes halogenated alkanes) is 5. The Morgan fingerprint density at radius 2 is 1.18 bits per heavy atom. The van der Waals surface area contributed by atoms with Gasteiger partial charge in [-0.25, -0.2) is 0 Å². The van der Waals surface area contributed by atoms with Crippen LogP contribution in [0.5, 0.6) is 0 Å². The van der Waals surface area contributed by atoms with Crippen molar-refractivity contribution in [2.75, 3.05) is 6.61 Å². The van der Waals surface area contributed by atoms with E-state index in [4.69, 9.17) is 4.43 Å². The Morgan fingerprint density at radius 3 is 1.61 bits per heavy atom. The molecule has 2 aromatic rings. The number of hydrogen-bond acceptors (Lipinski definition) is 1. The summed E-state index contributed by atoms with van der Waals surface area (Å²) >= 11 is 0. The molecular weight excluding hydrogens is 437 g/mol. The van der Waals surface area contributed by atoms with Crippen LogP contribution in [0.15, 0.2) is 60.7 Å². The van der Waals surface area contributed by atoms with Crippen LogP contribution in [0.3, 0.4) is 0 Å². The van der Waals surface area contributed by atoms with Gasteiger partial charge in [0.25, 0.3) is 8.32 Å². The first-order valence-electron chi connectivity index (χ1n) is 10.1. The maximum absolute atomic E-state index is 6.90. The summed E-state index contributed by atoms with van der Waals surface area (Å²) in [4.78, 5) is 0. The smallest absolute Gasteiger partial charge is 1.00 e. The van der Waals surface area contributed by atoms with Gasteiger partial charge in [0.2, 0.25) is 0 Å². The van der Waals surface area contributed by atoms with Gasteiger partial charge < -0.3 is 28.3 Å². The summed E-state index contributed by atoms with van der Waals surface area (Å²) in [6.07, 6.45) is 7.27. The van der Waals surface area contributed by atoms with E-state index in [0.717, 1.165) is 19.4 Å². The van der Waals surface area contributed by atoms with Gasteiger partial charge >= 0.3 is 23.1 Å². The van der Waals surface area contributed by atoms with Crippen molar-refractivity contribution in [3.8, 4) is 0 Å². The second-order valence-electron chi connectivity index (χ2n) is 8.13. The Hall–Kier alpha value is -0.137. The van der Waals surface area contributed by atoms with Crippen molar-refractivity contribution in [1.82, 2.24) is 0 Å². The van der Waals surface area contributed by atoms with Crippen LogP contribution in [0, 0.1) is 6.92 Å². The van der Waals surface area contributed by atoms with Crippen LogP contribution in [0.2, 0.25) is 5.04 Å². The van der Waals surface area contributed by atoms with E-state index in [1.165, 1.54) is 36.1 Å². The van der Waals surface area contributed by atoms with E-state index >= 15 is 0 Å². The maximum atomic E-state index is 6.90. The second kappa shape index (κ2) is 14.0. The van der Waals surface area contributed by atoms with Crippen molar-refractivity contribution in [2.24, 2.45) is 0 Å². The van der Waals surface area contributed by atoms with Crippen molar-refractivity contribution in [3.63, 3.8) is 0 Å². The molecule has 150 valence electrons. The molecule has 0 N–H and O–H groups in total. The Kier molecular flexibility index (Phi) is 13.9. The fourth-order valence-corrected chi connectivity index (χ4v) is 8.40.